The molecule has 0 bridgehead atoms. The van der Waals surface area contributed by atoms with E-state index in [1.165, 1.54) is 7.11 Å². The number of carbonyl (C=O) groups is 2. The number of methoxy groups -OCH3 is 1. The largest absolute Gasteiger partial charge is 0.494 e. The van der Waals surface area contributed by atoms with E-state index in [1.54, 1.807) is 54.6 Å². The van der Waals surface area contributed by atoms with Crippen molar-refractivity contribution in [1.29, 1.82) is 0 Å². The van der Waals surface area contributed by atoms with E-state index in [2.05, 4.69) is 10.6 Å². The molecular formula is C28H26N2O5. The van der Waals surface area contributed by atoms with Gasteiger partial charge in [-0.25, -0.2) is 4.79 Å². The van der Waals surface area contributed by atoms with Crippen molar-refractivity contribution in [3.05, 3.63) is 88.8 Å². The molecule has 0 aliphatic rings. The lowest BCUT2D eigenvalue weighted by molar-refractivity contribution is -0.116. The molecule has 0 aliphatic heterocycles. The molecule has 4 rings (SSSR count). The Labute approximate surface area is 202 Å². The van der Waals surface area contributed by atoms with Gasteiger partial charge in [-0.2, -0.15) is 0 Å². The zero-order valence-electron chi connectivity index (χ0n) is 19.6. The second-order valence-electron chi connectivity index (χ2n) is 8.08. The highest BCUT2D eigenvalue weighted by molar-refractivity contribution is 6.05. The van der Waals surface area contributed by atoms with Gasteiger partial charge in [-0.3, -0.25) is 9.59 Å². The van der Waals surface area contributed by atoms with Gasteiger partial charge in [0.15, 0.2) is 0 Å². The van der Waals surface area contributed by atoms with Gasteiger partial charge in [0.1, 0.15) is 11.3 Å². The number of para-hydroxylation sites is 1. The first kappa shape index (κ1) is 23.8. The van der Waals surface area contributed by atoms with Crippen molar-refractivity contribution >= 4 is 34.2 Å². The van der Waals surface area contributed by atoms with Crippen molar-refractivity contribution < 1.29 is 18.7 Å². The van der Waals surface area contributed by atoms with Crippen molar-refractivity contribution in [2.24, 2.45) is 0 Å². The average molecular weight is 471 g/mol. The van der Waals surface area contributed by atoms with Crippen molar-refractivity contribution in [2.75, 3.05) is 17.7 Å². The molecule has 3 aromatic carbocycles. The molecule has 2 N–H and O–H groups in total. The molecule has 0 aliphatic carbocycles. The molecule has 178 valence electrons. The Bertz CT molecular complexity index is 1420. The number of unbranched alkanes of at least 4 members (excludes halogenated alkanes) is 1. The minimum atomic E-state index is -0.435. The number of rotatable bonds is 8. The summed E-state index contributed by atoms with van der Waals surface area (Å²) >= 11 is 0. The minimum absolute atomic E-state index is 0.0810. The molecule has 0 atom stereocenters. The van der Waals surface area contributed by atoms with Crippen LogP contribution < -0.4 is 21.0 Å². The number of carbonyl (C=O) groups excluding carboxylic acids is 2. The topological polar surface area (TPSA) is 97.6 Å². The number of hydrogen-bond acceptors (Lipinski definition) is 5. The van der Waals surface area contributed by atoms with Crippen LogP contribution >= 0.6 is 0 Å². The second-order valence-corrected chi connectivity index (χ2v) is 8.08. The number of fused-ring (bicyclic) bond motifs is 1. The predicted molar refractivity (Wildman–Crippen MR) is 137 cm³/mol. The fourth-order valence-corrected chi connectivity index (χ4v) is 3.69. The number of nitrogens with one attached hydrogen (secondary N) is 2. The highest BCUT2D eigenvalue weighted by Gasteiger charge is 2.13. The molecule has 1 aromatic heterocycles. The first-order chi connectivity index (χ1) is 17.0. The van der Waals surface area contributed by atoms with Crippen LogP contribution in [0.3, 0.4) is 0 Å². The lowest BCUT2D eigenvalue weighted by Gasteiger charge is -2.13. The molecule has 0 saturated carbocycles. The summed E-state index contributed by atoms with van der Waals surface area (Å²) in [4.78, 5) is 37.2. The van der Waals surface area contributed by atoms with Crippen molar-refractivity contribution in [3.8, 4) is 16.9 Å². The van der Waals surface area contributed by atoms with E-state index in [4.69, 9.17) is 9.15 Å². The maximum atomic E-state index is 12.8. The summed E-state index contributed by atoms with van der Waals surface area (Å²) in [7, 11) is 1.50. The van der Waals surface area contributed by atoms with Crippen molar-refractivity contribution in [1.82, 2.24) is 0 Å². The maximum absolute atomic E-state index is 12.8. The summed E-state index contributed by atoms with van der Waals surface area (Å²) in [6.45, 7) is 2.03. The molecule has 0 unspecified atom stereocenters. The molecule has 0 fully saturated rings. The van der Waals surface area contributed by atoms with Crippen LogP contribution in [0.15, 0.2) is 82.0 Å². The lowest BCUT2D eigenvalue weighted by atomic mass is 10.0. The second kappa shape index (κ2) is 10.7. The van der Waals surface area contributed by atoms with Crippen molar-refractivity contribution in [3.63, 3.8) is 0 Å². The fraction of sp³-hybridized carbons (Fsp3) is 0.179. The zero-order chi connectivity index (χ0) is 24.8. The quantitative estimate of drug-likeness (QED) is 0.315. The van der Waals surface area contributed by atoms with E-state index in [0.717, 1.165) is 18.2 Å². The third kappa shape index (κ3) is 5.58. The first-order valence-electron chi connectivity index (χ1n) is 11.4. The van der Waals surface area contributed by atoms with Crippen LogP contribution in [0.5, 0.6) is 5.75 Å². The van der Waals surface area contributed by atoms with E-state index in [-0.39, 0.29) is 11.8 Å². The number of ether oxygens (including phenoxy) is 1. The van der Waals surface area contributed by atoms with E-state index in [9.17, 15) is 14.4 Å². The molecular weight excluding hydrogens is 444 g/mol. The fourth-order valence-electron chi connectivity index (χ4n) is 3.69. The van der Waals surface area contributed by atoms with Gasteiger partial charge in [0.2, 0.25) is 5.91 Å². The molecule has 7 heteroatoms. The van der Waals surface area contributed by atoms with Gasteiger partial charge in [-0.1, -0.05) is 43.7 Å². The Hall–Kier alpha value is -4.39. The van der Waals surface area contributed by atoms with Gasteiger partial charge in [0.25, 0.3) is 5.91 Å². The molecule has 2 amide bonds. The van der Waals surface area contributed by atoms with Gasteiger partial charge in [0, 0.05) is 29.1 Å². The minimum Gasteiger partial charge on any atom is -0.494 e. The smallest absolute Gasteiger partial charge is 0.344 e. The molecule has 35 heavy (non-hydrogen) atoms. The van der Waals surface area contributed by atoms with E-state index in [1.807, 2.05) is 25.1 Å². The van der Waals surface area contributed by atoms with Crippen LogP contribution in [-0.2, 0) is 4.79 Å². The van der Waals surface area contributed by atoms with Crippen LogP contribution in [0.1, 0.15) is 36.5 Å². The average Bonchev–Trinajstić information content (AvgIpc) is 2.88. The van der Waals surface area contributed by atoms with Crippen LogP contribution in [0, 0.1) is 0 Å². The van der Waals surface area contributed by atoms with E-state index >= 15 is 0 Å². The van der Waals surface area contributed by atoms with Crippen molar-refractivity contribution in [2.45, 2.75) is 26.2 Å². The zero-order valence-corrected chi connectivity index (χ0v) is 19.6. The monoisotopic (exact) mass is 470 g/mol. The van der Waals surface area contributed by atoms with Gasteiger partial charge in [-0.05, 0) is 48.4 Å². The Morgan fingerprint density at radius 1 is 0.943 bits per heavy atom. The van der Waals surface area contributed by atoms with Crippen LogP contribution in [-0.4, -0.2) is 18.9 Å². The Morgan fingerprint density at radius 3 is 2.46 bits per heavy atom. The summed E-state index contributed by atoms with van der Waals surface area (Å²) in [5.41, 5.74) is 2.68. The Balaban J connectivity index is 1.48. The Morgan fingerprint density at radius 2 is 1.71 bits per heavy atom. The predicted octanol–water partition coefficient (Wildman–Crippen LogP) is 5.85. The summed E-state index contributed by atoms with van der Waals surface area (Å²) < 4.78 is 10.8. The molecule has 1 heterocycles. The summed E-state index contributed by atoms with van der Waals surface area (Å²) in [6, 6.07) is 20.9. The number of hydrogen-bond donors (Lipinski definition) is 2. The third-order valence-electron chi connectivity index (χ3n) is 5.59. The molecule has 4 aromatic rings. The van der Waals surface area contributed by atoms with Crippen LogP contribution in [0.25, 0.3) is 22.1 Å². The van der Waals surface area contributed by atoms with Gasteiger partial charge >= 0.3 is 5.63 Å². The van der Waals surface area contributed by atoms with E-state index in [0.29, 0.717) is 45.8 Å². The third-order valence-corrected chi connectivity index (χ3v) is 5.59. The van der Waals surface area contributed by atoms with Crippen LogP contribution in [0.2, 0.25) is 0 Å². The van der Waals surface area contributed by atoms with E-state index < -0.39 is 5.63 Å². The molecule has 0 saturated heterocycles. The number of amides is 2. The maximum Gasteiger partial charge on any atom is 0.344 e. The first-order valence-corrected chi connectivity index (χ1v) is 11.4. The number of benzene rings is 3. The SMILES string of the molecule is CCCCC(=O)Nc1ccc(NC(=O)c2ccc(-c3cc4ccccc4oc3=O)cc2)cc1OC. The molecule has 7 nitrogen and oxygen atoms in total. The van der Waals surface area contributed by atoms with Gasteiger partial charge in [0.05, 0.1) is 18.4 Å². The highest BCUT2D eigenvalue weighted by Crippen LogP contribution is 2.29. The normalized spacial score (nSPS) is 10.7. The van der Waals surface area contributed by atoms with Crippen LogP contribution in [0.4, 0.5) is 11.4 Å². The standard InChI is InChI=1S/C28H26N2O5/c1-3-4-9-26(31)30-23-15-14-21(17-25(23)34-2)29-27(32)19-12-10-18(11-13-19)22-16-20-7-5-6-8-24(20)35-28(22)33/h5-8,10-17H,3-4,9H2,1-2H3,(H,29,32)(H,30,31). The Kier molecular flexibility index (Phi) is 7.26. The summed E-state index contributed by atoms with van der Waals surface area (Å²) in [5.74, 6) is 0.0531. The number of anilines is 2. The molecule has 0 radical (unpaired) electrons. The summed E-state index contributed by atoms with van der Waals surface area (Å²) in [5, 5.41) is 6.49. The summed E-state index contributed by atoms with van der Waals surface area (Å²) in [6.07, 6.45) is 2.19. The highest BCUT2D eigenvalue weighted by atomic mass is 16.5. The van der Waals surface area contributed by atoms with Gasteiger partial charge in [-0.15, -0.1) is 0 Å². The van der Waals surface area contributed by atoms with Gasteiger partial charge < -0.3 is 19.8 Å². The molecule has 0 spiro atoms. The lowest BCUT2D eigenvalue weighted by Crippen LogP contribution is -2.14.